The van der Waals surface area contributed by atoms with E-state index in [1.165, 1.54) is 32.4 Å². The molecule has 2 aliphatic rings. The van der Waals surface area contributed by atoms with Crippen LogP contribution in [-0.2, 0) is 6.54 Å². The summed E-state index contributed by atoms with van der Waals surface area (Å²) in [4.78, 5) is 31.9. The zero-order valence-corrected chi connectivity index (χ0v) is 24.7. The van der Waals surface area contributed by atoms with Crippen LogP contribution >= 0.6 is 0 Å². The van der Waals surface area contributed by atoms with E-state index >= 15 is 0 Å². The molecular formula is C35H43N5O2. The number of imidazole rings is 1. The Kier molecular flexibility index (Phi) is 8.75. The number of hydrogen-bond donors (Lipinski definition) is 1. The largest absolute Gasteiger partial charge is 0.329 e. The number of likely N-dealkylation sites (tertiary alicyclic amines) is 2. The first-order valence-corrected chi connectivity index (χ1v) is 15.7. The Bertz CT molecular complexity index is 1480. The van der Waals surface area contributed by atoms with Crippen molar-refractivity contribution in [1.29, 1.82) is 0 Å². The SMILES string of the molecule is CC(CN1CCCCC1)Cn1c(=O)n(C2CCN(C(=O)NC(c3ccccc3)c3ccccc3)CC2)c2ccccc21. The van der Waals surface area contributed by atoms with Gasteiger partial charge >= 0.3 is 11.7 Å². The van der Waals surface area contributed by atoms with Crippen molar-refractivity contribution in [1.82, 2.24) is 24.3 Å². The van der Waals surface area contributed by atoms with Crippen LogP contribution in [0.2, 0.25) is 0 Å². The minimum absolute atomic E-state index is 0.0625. The van der Waals surface area contributed by atoms with E-state index < -0.39 is 0 Å². The molecule has 220 valence electrons. The second kappa shape index (κ2) is 13.0. The molecular weight excluding hydrogens is 522 g/mol. The summed E-state index contributed by atoms with van der Waals surface area (Å²) in [6, 6.07) is 28.2. The van der Waals surface area contributed by atoms with Gasteiger partial charge in [0.15, 0.2) is 0 Å². The Morgan fingerprint density at radius 1 is 0.762 bits per heavy atom. The molecule has 4 aromatic rings. The highest BCUT2D eigenvalue weighted by molar-refractivity contribution is 5.77. The average Bonchev–Trinajstić information content (AvgIpc) is 3.31. The van der Waals surface area contributed by atoms with E-state index in [9.17, 15) is 9.59 Å². The van der Waals surface area contributed by atoms with Crippen LogP contribution in [0.3, 0.4) is 0 Å². The van der Waals surface area contributed by atoms with Crippen LogP contribution < -0.4 is 11.0 Å². The molecule has 0 radical (unpaired) electrons. The fourth-order valence-corrected chi connectivity index (χ4v) is 6.91. The quantitative estimate of drug-likeness (QED) is 0.283. The molecule has 1 unspecified atom stereocenters. The average molecular weight is 566 g/mol. The van der Waals surface area contributed by atoms with Crippen LogP contribution in [0.1, 0.15) is 62.2 Å². The maximum Gasteiger partial charge on any atom is 0.329 e. The molecule has 42 heavy (non-hydrogen) atoms. The van der Waals surface area contributed by atoms with Crippen LogP contribution in [-0.4, -0.2) is 57.7 Å². The Morgan fingerprint density at radius 3 is 1.95 bits per heavy atom. The third-order valence-electron chi connectivity index (χ3n) is 9.03. The van der Waals surface area contributed by atoms with Crippen LogP contribution in [0.4, 0.5) is 4.79 Å². The summed E-state index contributed by atoms with van der Waals surface area (Å²) in [6.45, 7) is 7.60. The Balaban J connectivity index is 1.15. The van der Waals surface area contributed by atoms with Gasteiger partial charge in [-0.25, -0.2) is 9.59 Å². The fourth-order valence-electron chi connectivity index (χ4n) is 6.91. The number of fused-ring (bicyclic) bond motifs is 1. The second-order valence-electron chi connectivity index (χ2n) is 12.1. The Hall–Kier alpha value is -3.84. The van der Waals surface area contributed by atoms with Crippen molar-refractivity contribution in [3.8, 4) is 0 Å². The van der Waals surface area contributed by atoms with Gasteiger partial charge in [-0.05, 0) is 68.0 Å². The second-order valence-corrected chi connectivity index (χ2v) is 12.1. The highest BCUT2D eigenvalue weighted by atomic mass is 16.2. The predicted octanol–water partition coefficient (Wildman–Crippen LogP) is 6.06. The molecule has 6 rings (SSSR count). The first-order chi connectivity index (χ1) is 20.6. The monoisotopic (exact) mass is 565 g/mol. The molecule has 2 saturated heterocycles. The van der Waals surface area contributed by atoms with Gasteiger partial charge in [-0.1, -0.05) is 86.1 Å². The highest BCUT2D eigenvalue weighted by Crippen LogP contribution is 2.28. The summed E-state index contributed by atoms with van der Waals surface area (Å²) < 4.78 is 4.00. The Morgan fingerprint density at radius 2 is 1.33 bits per heavy atom. The van der Waals surface area contributed by atoms with Crippen molar-refractivity contribution in [3.63, 3.8) is 0 Å². The number of rotatable bonds is 8. The molecule has 7 nitrogen and oxygen atoms in total. The van der Waals surface area contributed by atoms with Gasteiger partial charge in [-0.3, -0.25) is 9.13 Å². The smallest absolute Gasteiger partial charge is 0.327 e. The van der Waals surface area contributed by atoms with E-state index in [4.69, 9.17) is 0 Å². The van der Waals surface area contributed by atoms with Crippen LogP contribution in [0.5, 0.6) is 0 Å². The summed E-state index contributed by atoms with van der Waals surface area (Å²) in [7, 11) is 0. The molecule has 3 aromatic carbocycles. The molecule has 2 fully saturated rings. The van der Waals surface area contributed by atoms with Gasteiger partial charge in [-0.2, -0.15) is 0 Å². The molecule has 0 saturated carbocycles. The summed E-state index contributed by atoms with van der Waals surface area (Å²) >= 11 is 0. The topological polar surface area (TPSA) is 62.5 Å². The normalized spacial score (nSPS) is 17.5. The Labute approximate surface area is 248 Å². The number of nitrogens with zero attached hydrogens (tertiary/aromatic N) is 4. The van der Waals surface area contributed by atoms with Crippen LogP contribution in [0.15, 0.2) is 89.7 Å². The van der Waals surface area contributed by atoms with Gasteiger partial charge in [0.25, 0.3) is 0 Å². The van der Waals surface area contributed by atoms with Gasteiger partial charge in [0.05, 0.1) is 17.1 Å². The minimum atomic E-state index is -0.217. The molecule has 0 bridgehead atoms. The van der Waals surface area contributed by atoms with Crippen LogP contribution in [0, 0.1) is 5.92 Å². The molecule has 1 N–H and O–H groups in total. The lowest BCUT2D eigenvalue weighted by Gasteiger charge is -2.34. The van der Waals surface area contributed by atoms with Gasteiger partial charge in [0, 0.05) is 32.2 Å². The van der Waals surface area contributed by atoms with E-state index in [1.807, 2.05) is 62.6 Å². The zero-order chi connectivity index (χ0) is 28.9. The van der Waals surface area contributed by atoms with E-state index in [0.29, 0.717) is 19.0 Å². The third-order valence-corrected chi connectivity index (χ3v) is 9.03. The van der Waals surface area contributed by atoms with Gasteiger partial charge in [0.2, 0.25) is 0 Å². The molecule has 0 aliphatic carbocycles. The van der Waals surface area contributed by atoms with Crippen molar-refractivity contribution >= 4 is 17.1 Å². The maximum atomic E-state index is 13.9. The number of hydrogen-bond acceptors (Lipinski definition) is 3. The minimum Gasteiger partial charge on any atom is -0.327 e. The van der Waals surface area contributed by atoms with Crippen molar-refractivity contribution < 1.29 is 4.79 Å². The number of aromatic nitrogens is 2. The lowest BCUT2D eigenvalue weighted by molar-refractivity contribution is 0.169. The number of piperidine rings is 2. The van der Waals surface area contributed by atoms with E-state index in [2.05, 4.69) is 53.5 Å². The van der Waals surface area contributed by atoms with Crippen molar-refractivity contribution in [3.05, 3.63) is 107 Å². The predicted molar refractivity (Wildman–Crippen MR) is 169 cm³/mol. The lowest BCUT2D eigenvalue weighted by atomic mass is 9.99. The van der Waals surface area contributed by atoms with Crippen molar-refractivity contribution in [2.24, 2.45) is 5.92 Å². The molecule has 1 atom stereocenters. The molecule has 3 heterocycles. The maximum absolute atomic E-state index is 13.9. The molecule has 0 spiro atoms. The number of benzene rings is 3. The van der Waals surface area contributed by atoms with Crippen molar-refractivity contribution in [2.75, 3.05) is 32.7 Å². The first kappa shape index (κ1) is 28.3. The fraction of sp³-hybridized carbons (Fsp3) is 0.429. The number of amides is 2. The number of nitrogens with one attached hydrogen (secondary N) is 1. The number of carbonyl (C=O) groups is 1. The highest BCUT2D eigenvalue weighted by Gasteiger charge is 2.29. The molecule has 1 aromatic heterocycles. The first-order valence-electron chi connectivity index (χ1n) is 15.7. The van der Waals surface area contributed by atoms with E-state index in [0.717, 1.165) is 48.1 Å². The summed E-state index contributed by atoms with van der Waals surface area (Å²) in [6.07, 6.45) is 5.40. The summed E-state index contributed by atoms with van der Waals surface area (Å²) in [5, 5.41) is 3.28. The third kappa shape index (κ3) is 6.16. The number of carbonyl (C=O) groups excluding carboxylic acids is 1. The lowest BCUT2D eigenvalue weighted by Crippen LogP contribution is -2.46. The van der Waals surface area contributed by atoms with E-state index in [1.54, 1.807) is 0 Å². The van der Waals surface area contributed by atoms with E-state index in [-0.39, 0.29) is 23.8 Å². The number of urea groups is 1. The summed E-state index contributed by atoms with van der Waals surface area (Å²) in [5.74, 6) is 0.396. The number of para-hydroxylation sites is 2. The molecule has 2 amide bonds. The standard InChI is InChI=1S/C35H43N5O2/c1-27(25-37-21-11-4-12-22-37)26-39-31-17-9-10-18-32(31)40(35(39)42)30-19-23-38(24-20-30)34(41)36-33(28-13-5-2-6-14-28)29-15-7-3-8-16-29/h2-3,5-10,13-18,27,30,33H,4,11-12,19-26H2,1H3,(H,36,41). The van der Waals surface area contributed by atoms with Gasteiger partial charge in [0.1, 0.15) is 0 Å². The molecule has 2 aliphatic heterocycles. The van der Waals surface area contributed by atoms with Gasteiger partial charge in [-0.15, -0.1) is 0 Å². The zero-order valence-electron chi connectivity index (χ0n) is 24.7. The molecule has 7 heteroatoms. The van der Waals surface area contributed by atoms with Gasteiger partial charge < -0.3 is 15.1 Å². The summed E-state index contributed by atoms with van der Waals surface area (Å²) in [5.41, 5.74) is 4.21. The van der Waals surface area contributed by atoms with Crippen LogP contribution in [0.25, 0.3) is 11.0 Å². The van der Waals surface area contributed by atoms with Crippen molar-refractivity contribution in [2.45, 2.75) is 57.7 Å².